The van der Waals surface area contributed by atoms with Crippen LogP contribution in [-0.4, -0.2) is 45.9 Å². The quantitative estimate of drug-likeness (QED) is 0.307. The zero-order valence-corrected chi connectivity index (χ0v) is 20.1. The fourth-order valence-electron chi connectivity index (χ4n) is 3.03. The molecule has 3 aromatic rings. The Balaban J connectivity index is 1.96. The summed E-state index contributed by atoms with van der Waals surface area (Å²) in [7, 11) is 0. The van der Waals surface area contributed by atoms with Crippen molar-refractivity contribution in [3.05, 3.63) is 69.1 Å². The van der Waals surface area contributed by atoms with Crippen LogP contribution in [0.5, 0.6) is 0 Å². The first kappa shape index (κ1) is 26.0. The summed E-state index contributed by atoms with van der Waals surface area (Å²) in [5.41, 5.74) is -0.238. The van der Waals surface area contributed by atoms with Crippen LogP contribution in [0.2, 0.25) is 10.0 Å². The topological polar surface area (TPSA) is 110 Å². The molecular formula is C22H20Cl2F2N6O3. The molecule has 0 aliphatic rings. The molecule has 35 heavy (non-hydrogen) atoms. The number of aryl methyl sites for hydroxylation is 1. The summed E-state index contributed by atoms with van der Waals surface area (Å²) in [4.78, 5) is 34.9. The van der Waals surface area contributed by atoms with Gasteiger partial charge in [0.15, 0.2) is 5.82 Å². The summed E-state index contributed by atoms with van der Waals surface area (Å²) in [5, 5.41) is 13.0. The highest BCUT2D eigenvalue weighted by atomic mass is 35.5. The second kappa shape index (κ2) is 11.7. The van der Waals surface area contributed by atoms with Crippen molar-refractivity contribution < 1.29 is 23.2 Å². The van der Waals surface area contributed by atoms with Crippen LogP contribution in [-0.2, 0) is 4.84 Å². The number of hydrogen-bond donors (Lipinski definition) is 2. The van der Waals surface area contributed by atoms with Crippen LogP contribution in [0.15, 0.2) is 41.7 Å². The number of halogens is 4. The number of amides is 2. The lowest BCUT2D eigenvalue weighted by Gasteiger charge is -2.15. The van der Waals surface area contributed by atoms with Gasteiger partial charge < -0.3 is 15.5 Å². The Bertz CT molecular complexity index is 1270. The second-order valence-electron chi connectivity index (χ2n) is 6.99. The number of hydrogen-bond acceptors (Lipinski definition) is 6. The molecule has 184 valence electrons. The molecule has 0 spiro atoms. The molecule has 0 saturated heterocycles. The Kier molecular flexibility index (Phi) is 8.72. The molecule has 0 fully saturated rings. The number of aromatic nitrogens is 3. The van der Waals surface area contributed by atoms with Gasteiger partial charge in [0.25, 0.3) is 18.2 Å². The number of nitrogens with zero attached hydrogens (tertiary/aromatic N) is 4. The van der Waals surface area contributed by atoms with Crippen molar-refractivity contribution in [1.82, 2.24) is 20.1 Å². The summed E-state index contributed by atoms with van der Waals surface area (Å²) in [6, 6.07) is 6.87. The van der Waals surface area contributed by atoms with Crippen LogP contribution in [0.25, 0.3) is 5.82 Å². The highest BCUT2D eigenvalue weighted by molar-refractivity contribution is 6.32. The highest BCUT2D eigenvalue weighted by Gasteiger charge is 2.25. The van der Waals surface area contributed by atoms with Gasteiger partial charge in [0, 0.05) is 11.2 Å². The van der Waals surface area contributed by atoms with Crippen LogP contribution >= 0.6 is 23.2 Å². The molecule has 1 aromatic carbocycles. The van der Waals surface area contributed by atoms with E-state index >= 15 is 0 Å². The average Bonchev–Trinajstić information content (AvgIpc) is 3.26. The Morgan fingerprint density at radius 3 is 2.71 bits per heavy atom. The van der Waals surface area contributed by atoms with Gasteiger partial charge in [0.1, 0.15) is 18.0 Å². The Morgan fingerprint density at radius 1 is 1.26 bits per heavy atom. The van der Waals surface area contributed by atoms with Crippen LogP contribution in [0.3, 0.4) is 0 Å². The van der Waals surface area contributed by atoms with E-state index in [1.54, 1.807) is 26.0 Å². The molecule has 0 unspecified atom stereocenters. The zero-order valence-electron chi connectivity index (χ0n) is 18.6. The van der Waals surface area contributed by atoms with Crippen molar-refractivity contribution in [1.29, 1.82) is 0 Å². The maximum atomic E-state index is 13.4. The van der Waals surface area contributed by atoms with Crippen molar-refractivity contribution in [2.75, 3.05) is 18.5 Å². The maximum Gasteiger partial charge on any atom is 0.282 e. The van der Waals surface area contributed by atoms with Gasteiger partial charge in [-0.3, -0.25) is 9.59 Å². The average molecular weight is 525 g/mol. The summed E-state index contributed by atoms with van der Waals surface area (Å²) in [6.45, 7) is 3.83. The largest absolute Gasteiger partial charge is 0.396 e. The number of carbonyl (C=O) groups is 2. The molecule has 2 amide bonds. The lowest BCUT2D eigenvalue weighted by atomic mass is 10.1. The van der Waals surface area contributed by atoms with Gasteiger partial charge in [0.05, 0.1) is 29.0 Å². The number of rotatable bonds is 9. The van der Waals surface area contributed by atoms with E-state index in [-0.39, 0.29) is 39.4 Å². The van der Waals surface area contributed by atoms with Crippen LogP contribution in [0.4, 0.5) is 14.5 Å². The van der Waals surface area contributed by atoms with E-state index in [1.165, 1.54) is 24.5 Å². The lowest BCUT2D eigenvalue weighted by Crippen LogP contribution is -2.27. The van der Waals surface area contributed by atoms with Crippen molar-refractivity contribution >= 4 is 46.9 Å². The third kappa shape index (κ3) is 6.31. The van der Waals surface area contributed by atoms with Gasteiger partial charge in [-0.25, -0.2) is 18.4 Å². The van der Waals surface area contributed by atoms with Crippen LogP contribution in [0.1, 0.15) is 45.5 Å². The predicted octanol–water partition coefficient (Wildman–Crippen LogP) is 4.82. The van der Waals surface area contributed by atoms with Gasteiger partial charge in [-0.2, -0.15) is 5.10 Å². The maximum absolute atomic E-state index is 13.4. The van der Waals surface area contributed by atoms with Crippen molar-refractivity contribution in [3.63, 3.8) is 0 Å². The molecule has 0 bridgehead atoms. The van der Waals surface area contributed by atoms with E-state index in [1.807, 2.05) is 0 Å². The third-order valence-corrected chi connectivity index (χ3v) is 5.05. The Hall–Kier alpha value is -3.57. The normalized spacial score (nSPS) is 11.2. The van der Waals surface area contributed by atoms with Crippen LogP contribution in [0, 0.1) is 6.92 Å². The molecule has 3 rings (SSSR count). The number of carbonyl (C=O) groups excluding carboxylic acids is 2. The number of benzene rings is 1. The van der Waals surface area contributed by atoms with Crippen LogP contribution < -0.4 is 10.6 Å². The molecule has 13 heteroatoms. The molecule has 0 atom stereocenters. The monoisotopic (exact) mass is 524 g/mol. The Morgan fingerprint density at radius 2 is 2.03 bits per heavy atom. The number of alkyl halides is 2. The number of nitrogens with one attached hydrogen (secondary N) is 2. The Labute approximate surface area is 209 Å². The smallest absolute Gasteiger partial charge is 0.282 e. The van der Waals surface area contributed by atoms with Gasteiger partial charge in [-0.15, -0.1) is 0 Å². The van der Waals surface area contributed by atoms with Crippen molar-refractivity contribution in [2.45, 2.75) is 20.3 Å². The van der Waals surface area contributed by atoms with E-state index in [2.05, 4.69) is 25.9 Å². The summed E-state index contributed by atoms with van der Waals surface area (Å²) < 4.78 is 27.7. The summed E-state index contributed by atoms with van der Waals surface area (Å²) in [6.07, 6.45) is -0.201. The first-order valence-electron chi connectivity index (χ1n) is 10.2. The van der Waals surface area contributed by atoms with Gasteiger partial charge in [0.2, 0.25) is 0 Å². The first-order chi connectivity index (χ1) is 16.7. The SMILES string of the molecule is CCO/N=C/CNC(=O)c1cc(Cl)cc(C)c1NC(=O)c1cc(C(F)F)nn1-c1ncccc1Cl. The molecular weight excluding hydrogens is 505 g/mol. The number of pyridine rings is 1. The lowest BCUT2D eigenvalue weighted by molar-refractivity contribution is 0.0960. The molecule has 0 aliphatic carbocycles. The molecule has 9 nitrogen and oxygen atoms in total. The minimum atomic E-state index is -2.94. The molecule has 0 saturated carbocycles. The van der Waals surface area contributed by atoms with E-state index in [0.29, 0.717) is 12.2 Å². The van der Waals surface area contributed by atoms with E-state index < -0.39 is 23.9 Å². The molecule has 0 aliphatic heterocycles. The fraction of sp³-hybridized carbons (Fsp3) is 0.227. The molecule has 2 heterocycles. The van der Waals surface area contributed by atoms with Crippen molar-refractivity contribution in [3.8, 4) is 5.82 Å². The van der Waals surface area contributed by atoms with Gasteiger partial charge >= 0.3 is 0 Å². The minimum absolute atomic E-state index is 0.00871. The fourth-order valence-corrected chi connectivity index (χ4v) is 3.50. The number of anilines is 1. The van der Waals surface area contributed by atoms with E-state index in [9.17, 15) is 18.4 Å². The summed E-state index contributed by atoms with van der Waals surface area (Å²) >= 11 is 12.3. The predicted molar refractivity (Wildman–Crippen MR) is 128 cm³/mol. The van der Waals surface area contributed by atoms with Gasteiger partial charge in [-0.1, -0.05) is 28.4 Å². The second-order valence-corrected chi connectivity index (χ2v) is 7.83. The van der Waals surface area contributed by atoms with Gasteiger partial charge in [-0.05, 0) is 49.7 Å². The molecule has 0 radical (unpaired) electrons. The molecule has 2 N–H and O–H groups in total. The number of oxime groups is 1. The first-order valence-corrected chi connectivity index (χ1v) is 11.0. The van der Waals surface area contributed by atoms with E-state index in [4.69, 9.17) is 28.0 Å². The molecule has 2 aromatic heterocycles. The van der Waals surface area contributed by atoms with E-state index in [0.717, 1.165) is 10.7 Å². The minimum Gasteiger partial charge on any atom is -0.396 e. The highest BCUT2D eigenvalue weighted by Crippen LogP contribution is 2.28. The standard InChI is InChI=1S/C22H20Cl2F2N6O3/c1-3-35-29-8-7-28-21(33)14-10-13(23)9-12(2)18(14)30-22(34)17-11-16(19(25)26)31-32(17)20-15(24)5-4-6-27-20/h4-6,8-11,19H,3,7H2,1-2H3,(H,28,33)(H,30,34)/b29-8+. The van der Waals surface area contributed by atoms with Crippen molar-refractivity contribution in [2.24, 2.45) is 5.16 Å². The third-order valence-electron chi connectivity index (χ3n) is 4.54. The summed E-state index contributed by atoms with van der Waals surface area (Å²) in [5.74, 6) is -1.38. The zero-order chi connectivity index (χ0) is 25.5.